The minimum Gasteiger partial charge on any atom is -0.335 e. The lowest BCUT2D eigenvalue weighted by Gasteiger charge is -2.32. The molecule has 0 saturated carbocycles. The number of hydrogen-bond donors (Lipinski definition) is 0. The summed E-state index contributed by atoms with van der Waals surface area (Å²) in [5.74, 6) is 1.85. The second-order valence-corrected chi connectivity index (χ2v) is 6.56. The van der Waals surface area contributed by atoms with Gasteiger partial charge in [-0.15, -0.1) is 0 Å². The van der Waals surface area contributed by atoms with Gasteiger partial charge in [-0.3, -0.25) is 4.90 Å². The molecule has 0 unspecified atom stereocenters. The fraction of sp³-hybridized carbons (Fsp3) is 0.526. The van der Waals surface area contributed by atoms with Crippen LogP contribution in [-0.2, 0) is 13.1 Å². The highest BCUT2D eigenvalue weighted by atomic mass is 15.1. The van der Waals surface area contributed by atoms with E-state index in [0.717, 1.165) is 19.6 Å². The monoisotopic (exact) mass is 297 g/mol. The second kappa shape index (κ2) is 6.66. The Bertz CT molecular complexity index is 629. The van der Waals surface area contributed by atoms with Crippen LogP contribution in [0.5, 0.6) is 0 Å². The third-order valence-electron chi connectivity index (χ3n) is 4.94. The minimum atomic E-state index is 0.579. The van der Waals surface area contributed by atoms with Crippen molar-refractivity contribution >= 4 is 0 Å². The number of hydrogen-bond acceptors (Lipinski definition) is 2. The summed E-state index contributed by atoms with van der Waals surface area (Å²) in [4.78, 5) is 7.20. The Balaban J connectivity index is 1.69. The Kier molecular flexibility index (Phi) is 4.63. The van der Waals surface area contributed by atoms with Crippen LogP contribution < -0.4 is 0 Å². The molecule has 1 aliphatic heterocycles. The van der Waals surface area contributed by atoms with E-state index in [0.29, 0.717) is 5.92 Å². The van der Waals surface area contributed by atoms with E-state index in [4.69, 9.17) is 0 Å². The predicted molar refractivity (Wildman–Crippen MR) is 91.1 cm³/mol. The molecule has 22 heavy (non-hydrogen) atoms. The van der Waals surface area contributed by atoms with Crippen molar-refractivity contribution in [2.45, 2.75) is 52.6 Å². The molecule has 0 bridgehead atoms. The topological polar surface area (TPSA) is 21.1 Å². The molecule has 0 amide bonds. The molecule has 118 valence electrons. The summed E-state index contributed by atoms with van der Waals surface area (Å²) in [5, 5.41) is 0. The molecule has 0 aliphatic carbocycles. The molecular formula is C19H27N3. The molecular weight excluding hydrogens is 270 g/mol. The van der Waals surface area contributed by atoms with E-state index in [9.17, 15) is 0 Å². The first-order chi connectivity index (χ1) is 10.7. The lowest BCUT2D eigenvalue weighted by molar-refractivity contribution is 0.194. The first kappa shape index (κ1) is 15.3. The smallest absolute Gasteiger partial charge is 0.113 e. The van der Waals surface area contributed by atoms with Gasteiger partial charge in [0, 0.05) is 37.9 Å². The molecule has 3 heteroatoms. The number of imidazole rings is 1. The Hall–Kier alpha value is -1.61. The highest BCUT2D eigenvalue weighted by molar-refractivity contribution is 5.29. The number of rotatable bonds is 4. The Morgan fingerprint density at radius 3 is 2.86 bits per heavy atom. The van der Waals surface area contributed by atoms with Crippen molar-refractivity contribution in [3.05, 3.63) is 53.1 Å². The van der Waals surface area contributed by atoms with E-state index >= 15 is 0 Å². The van der Waals surface area contributed by atoms with Gasteiger partial charge in [0.05, 0.1) is 0 Å². The van der Waals surface area contributed by atoms with Gasteiger partial charge in [0.25, 0.3) is 0 Å². The standard InChI is InChI=1S/C19H27N3/c1-4-22-11-9-20-19(22)18-6-5-10-21(14-18)13-17-8-7-15(2)16(3)12-17/h7-9,11-12,18H,4-6,10,13-14H2,1-3H3/t18-/m1/s1. The van der Waals surface area contributed by atoms with E-state index in [-0.39, 0.29) is 0 Å². The molecule has 1 atom stereocenters. The lowest BCUT2D eigenvalue weighted by Crippen LogP contribution is -2.34. The number of aromatic nitrogens is 2. The van der Waals surface area contributed by atoms with E-state index in [1.54, 1.807) is 0 Å². The summed E-state index contributed by atoms with van der Waals surface area (Å²) >= 11 is 0. The third-order valence-corrected chi connectivity index (χ3v) is 4.94. The molecule has 0 spiro atoms. The lowest BCUT2D eigenvalue weighted by atomic mass is 9.96. The van der Waals surface area contributed by atoms with E-state index in [1.807, 2.05) is 6.20 Å². The van der Waals surface area contributed by atoms with Crippen molar-refractivity contribution in [2.24, 2.45) is 0 Å². The van der Waals surface area contributed by atoms with Crippen molar-refractivity contribution in [1.82, 2.24) is 14.5 Å². The predicted octanol–water partition coefficient (Wildman–Crippen LogP) is 3.90. The number of aryl methyl sites for hydroxylation is 3. The van der Waals surface area contributed by atoms with Crippen LogP contribution in [0, 0.1) is 13.8 Å². The summed E-state index contributed by atoms with van der Waals surface area (Å²) in [6.07, 6.45) is 6.59. The van der Waals surface area contributed by atoms with Gasteiger partial charge in [-0.1, -0.05) is 18.2 Å². The van der Waals surface area contributed by atoms with Crippen LogP contribution in [0.15, 0.2) is 30.6 Å². The maximum atomic E-state index is 4.61. The van der Waals surface area contributed by atoms with Crippen LogP contribution in [-0.4, -0.2) is 27.5 Å². The molecule has 1 aromatic carbocycles. The molecule has 2 heterocycles. The van der Waals surface area contributed by atoms with Crippen molar-refractivity contribution in [1.29, 1.82) is 0 Å². The van der Waals surface area contributed by atoms with Crippen LogP contribution in [0.1, 0.15) is 48.2 Å². The highest BCUT2D eigenvalue weighted by Gasteiger charge is 2.24. The van der Waals surface area contributed by atoms with Gasteiger partial charge in [0.2, 0.25) is 0 Å². The number of nitrogens with zero attached hydrogens (tertiary/aromatic N) is 3. The molecule has 3 nitrogen and oxygen atoms in total. The van der Waals surface area contributed by atoms with Gasteiger partial charge in [-0.2, -0.15) is 0 Å². The maximum absolute atomic E-state index is 4.61. The van der Waals surface area contributed by atoms with Gasteiger partial charge in [-0.25, -0.2) is 4.98 Å². The molecule has 1 aliphatic rings. The highest BCUT2D eigenvalue weighted by Crippen LogP contribution is 2.27. The molecule has 3 rings (SSSR count). The third kappa shape index (κ3) is 3.25. The van der Waals surface area contributed by atoms with E-state index in [1.165, 1.54) is 41.9 Å². The molecule has 1 fully saturated rings. The van der Waals surface area contributed by atoms with Crippen LogP contribution in [0.2, 0.25) is 0 Å². The SMILES string of the molecule is CCn1ccnc1[C@@H]1CCCN(Cc2ccc(C)c(C)c2)C1. The quantitative estimate of drug-likeness (QED) is 0.853. The zero-order valence-corrected chi connectivity index (χ0v) is 14.0. The number of piperidine rings is 1. The fourth-order valence-electron chi connectivity index (χ4n) is 3.52. The maximum Gasteiger partial charge on any atom is 0.113 e. The van der Waals surface area contributed by atoms with Crippen LogP contribution in [0.4, 0.5) is 0 Å². The zero-order valence-electron chi connectivity index (χ0n) is 14.0. The molecule has 0 N–H and O–H groups in total. The van der Waals surface area contributed by atoms with Gasteiger partial charge >= 0.3 is 0 Å². The van der Waals surface area contributed by atoms with Crippen LogP contribution in [0.3, 0.4) is 0 Å². The van der Waals surface area contributed by atoms with Gasteiger partial charge in [0.15, 0.2) is 0 Å². The summed E-state index contributed by atoms with van der Waals surface area (Å²) in [5.41, 5.74) is 4.21. The van der Waals surface area contributed by atoms with Gasteiger partial charge in [0.1, 0.15) is 5.82 Å². The first-order valence-electron chi connectivity index (χ1n) is 8.47. The average Bonchev–Trinajstić information content (AvgIpc) is 3.00. The van der Waals surface area contributed by atoms with Gasteiger partial charge < -0.3 is 4.57 Å². The normalized spacial score (nSPS) is 19.5. The fourth-order valence-corrected chi connectivity index (χ4v) is 3.52. The van der Waals surface area contributed by atoms with Crippen molar-refractivity contribution in [2.75, 3.05) is 13.1 Å². The molecule has 1 saturated heterocycles. The summed E-state index contributed by atoms with van der Waals surface area (Å²) < 4.78 is 2.30. The Morgan fingerprint density at radius 1 is 1.23 bits per heavy atom. The average molecular weight is 297 g/mol. The number of likely N-dealkylation sites (tertiary alicyclic amines) is 1. The number of benzene rings is 1. The Labute approximate surface area is 134 Å². The minimum absolute atomic E-state index is 0.579. The molecule has 1 aromatic heterocycles. The van der Waals surface area contributed by atoms with Crippen molar-refractivity contribution < 1.29 is 0 Å². The van der Waals surface area contributed by atoms with Crippen molar-refractivity contribution in [3.8, 4) is 0 Å². The summed E-state index contributed by atoms with van der Waals surface area (Å²) in [6.45, 7) is 11.0. The van der Waals surface area contributed by atoms with E-state index in [2.05, 4.69) is 59.6 Å². The molecule has 0 radical (unpaired) electrons. The van der Waals surface area contributed by atoms with Crippen LogP contribution >= 0.6 is 0 Å². The summed E-state index contributed by atoms with van der Waals surface area (Å²) in [7, 11) is 0. The largest absolute Gasteiger partial charge is 0.335 e. The zero-order chi connectivity index (χ0) is 15.5. The van der Waals surface area contributed by atoms with Crippen LogP contribution in [0.25, 0.3) is 0 Å². The first-order valence-corrected chi connectivity index (χ1v) is 8.47. The van der Waals surface area contributed by atoms with E-state index < -0.39 is 0 Å². The Morgan fingerprint density at radius 2 is 2.09 bits per heavy atom. The van der Waals surface area contributed by atoms with Crippen molar-refractivity contribution in [3.63, 3.8) is 0 Å². The molecule has 2 aromatic rings. The van der Waals surface area contributed by atoms with Gasteiger partial charge in [-0.05, 0) is 56.8 Å². The summed E-state index contributed by atoms with van der Waals surface area (Å²) in [6, 6.07) is 6.86. The second-order valence-electron chi connectivity index (χ2n) is 6.56.